The van der Waals surface area contributed by atoms with E-state index < -0.39 is 0 Å². The average Bonchev–Trinajstić information content (AvgIpc) is 3.00. The summed E-state index contributed by atoms with van der Waals surface area (Å²) in [6.45, 7) is 5.14. The number of carbonyl (C=O) groups excluding carboxylic acids is 1. The molecule has 0 aliphatic rings. The maximum atomic E-state index is 12.2. The molecule has 5 nitrogen and oxygen atoms in total. The lowest BCUT2D eigenvalue weighted by Gasteiger charge is -2.06. The molecule has 5 heteroatoms. The zero-order valence-corrected chi connectivity index (χ0v) is 14.0. The minimum absolute atomic E-state index is 0.0852. The van der Waals surface area contributed by atoms with Crippen LogP contribution >= 0.6 is 0 Å². The summed E-state index contributed by atoms with van der Waals surface area (Å²) in [5.41, 5.74) is 3.70. The molecule has 3 aromatic rings. The molecule has 0 spiro atoms. The van der Waals surface area contributed by atoms with Crippen molar-refractivity contribution in [2.75, 3.05) is 13.2 Å². The molecule has 0 saturated carbocycles. The fourth-order valence-corrected chi connectivity index (χ4v) is 2.60. The molecule has 0 fully saturated rings. The smallest absolute Gasteiger partial charge is 0.251 e. The zero-order chi connectivity index (χ0) is 16.9. The second-order valence-corrected chi connectivity index (χ2v) is 5.62. The number of imidazole rings is 1. The number of nitrogens with one attached hydrogen (secondary N) is 1. The van der Waals surface area contributed by atoms with Gasteiger partial charge in [0, 0.05) is 30.9 Å². The summed E-state index contributed by atoms with van der Waals surface area (Å²) in [7, 11) is 0. The number of ether oxygens (including phenoxy) is 1. The third-order valence-electron chi connectivity index (χ3n) is 3.82. The molecule has 1 N–H and O–H groups in total. The Labute approximate surface area is 141 Å². The van der Waals surface area contributed by atoms with Gasteiger partial charge in [-0.1, -0.05) is 6.07 Å². The lowest BCUT2D eigenvalue weighted by atomic mass is 10.2. The molecule has 0 radical (unpaired) electrons. The monoisotopic (exact) mass is 323 g/mol. The van der Waals surface area contributed by atoms with Gasteiger partial charge in [0.15, 0.2) is 0 Å². The quantitative estimate of drug-likeness (QED) is 0.758. The van der Waals surface area contributed by atoms with Crippen LogP contribution in [0.25, 0.3) is 5.65 Å². The van der Waals surface area contributed by atoms with Crippen molar-refractivity contribution >= 4 is 11.6 Å². The van der Waals surface area contributed by atoms with E-state index in [4.69, 9.17) is 4.74 Å². The molecule has 124 valence electrons. The van der Waals surface area contributed by atoms with Gasteiger partial charge in [-0.2, -0.15) is 0 Å². The van der Waals surface area contributed by atoms with Gasteiger partial charge in [-0.25, -0.2) is 4.98 Å². The number of aryl methyl sites for hydroxylation is 1. The standard InChI is InChI=1S/C19H21N3O2/c1-3-24-17-8-6-15(7-9-17)19(23)20-11-10-16-13-22-12-4-5-14(2)18(22)21-16/h4-9,12-13H,3,10-11H2,1-2H3,(H,20,23). The second-order valence-electron chi connectivity index (χ2n) is 5.62. The van der Waals surface area contributed by atoms with E-state index in [1.807, 2.05) is 54.9 Å². The number of amides is 1. The minimum atomic E-state index is -0.0852. The van der Waals surface area contributed by atoms with Crippen LogP contribution in [0.15, 0.2) is 48.8 Å². The Kier molecular flexibility index (Phi) is 4.79. The van der Waals surface area contributed by atoms with Gasteiger partial charge < -0.3 is 14.5 Å². The first-order chi connectivity index (χ1) is 11.7. The Bertz CT molecular complexity index is 837. The Balaban J connectivity index is 1.56. The number of rotatable bonds is 6. The highest BCUT2D eigenvalue weighted by atomic mass is 16.5. The maximum Gasteiger partial charge on any atom is 0.251 e. The topological polar surface area (TPSA) is 55.6 Å². The molecule has 0 bridgehead atoms. The van der Waals surface area contributed by atoms with Crippen LogP contribution in [0.3, 0.4) is 0 Å². The second kappa shape index (κ2) is 7.17. The molecule has 3 rings (SSSR count). The number of hydrogen-bond donors (Lipinski definition) is 1. The molecule has 0 aliphatic carbocycles. The van der Waals surface area contributed by atoms with Crippen LogP contribution in [0, 0.1) is 6.92 Å². The molecule has 0 saturated heterocycles. The minimum Gasteiger partial charge on any atom is -0.494 e. The Morgan fingerprint density at radius 2 is 2.04 bits per heavy atom. The van der Waals surface area contributed by atoms with E-state index in [0.29, 0.717) is 25.1 Å². The van der Waals surface area contributed by atoms with Gasteiger partial charge >= 0.3 is 0 Å². The third-order valence-corrected chi connectivity index (χ3v) is 3.82. The van der Waals surface area contributed by atoms with E-state index in [0.717, 1.165) is 22.7 Å². The molecular weight excluding hydrogens is 302 g/mol. The van der Waals surface area contributed by atoms with Gasteiger partial charge in [0.2, 0.25) is 0 Å². The van der Waals surface area contributed by atoms with Crippen LogP contribution in [0.1, 0.15) is 28.5 Å². The number of nitrogens with zero attached hydrogens (tertiary/aromatic N) is 2. The molecule has 1 amide bonds. The predicted molar refractivity (Wildman–Crippen MR) is 93.6 cm³/mol. The Morgan fingerprint density at radius 3 is 2.75 bits per heavy atom. The highest BCUT2D eigenvalue weighted by Gasteiger charge is 2.07. The van der Waals surface area contributed by atoms with Crippen molar-refractivity contribution in [3.63, 3.8) is 0 Å². The van der Waals surface area contributed by atoms with Crippen molar-refractivity contribution in [2.45, 2.75) is 20.3 Å². The first-order valence-corrected chi connectivity index (χ1v) is 8.11. The lowest BCUT2D eigenvalue weighted by Crippen LogP contribution is -2.25. The summed E-state index contributed by atoms with van der Waals surface area (Å²) in [5.74, 6) is 0.687. The lowest BCUT2D eigenvalue weighted by molar-refractivity contribution is 0.0954. The number of carbonyl (C=O) groups is 1. The van der Waals surface area contributed by atoms with Crippen molar-refractivity contribution in [1.82, 2.24) is 14.7 Å². The number of hydrogen-bond acceptors (Lipinski definition) is 3. The van der Waals surface area contributed by atoms with E-state index in [-0.39, 0.29) is 5.91 Å². The zero-order valence-electron chi connectivity index (χ0n) is 14.0. The fourth-order valence-electron chi connectivity index (χ4n) is 2.60. The van der Waals surface area contributed by atoms with Gasteiger partial charge in [0.05, 0.1) is 12.3 Å². The SMILES string of the molecule is CCOc1ccc(C(=O)NCCc2cn3cccc(C)c3n2)cc1. The highest BCUT2D eigenvalue weighted by Crippen LogP contribution is 2.12. The first kappa shape index (κ1) is 16.1. The van der Waals surface area contributed by atoms with E-state index in [9.17, 15) is 4.79 Å². The summed E-state index contributed by atoms with van der Waals surface area (Å²) in [5, 5.41) is 2.93. The van der Waals surface area contributed by atoms with Gasteiger partial charge in [-0.3, -0.25) is 4.79 Å². The molecule has 0 aliphatic heterocycles. The first-order valence-electron chi connectivity index (χ1n) is 8.11. The van der Waals surface area contributed by atoms with Crippen molar-refractivity contribution < 1.29 is 9.53 Å². The summed E-state index contributed by atoms with van der Waals surface area (Å²) < 4.78 is 7.39. The summed E-state index contributed by atoms with van der Waals surface area (Å²) in [6.07, 6.45) is 4.69. The third kappa shape index (κ3) is 3.56. The normalized spacial score (nSPS) is 10.8. The fraction of sp³-hybridized carbons (Fsp3) is 0.263. The van der Waals surface area contributed by atoms with Crippen LogP contribution in [-0.2, 0) is 6.42 Å². The van der Waals surface area contributed by atoms with Gasteiger partial charge in [-0.05, 0) is 49.7 Å². The highest BCUT2D eigenvalue weighted by molar-refractivity contribution is 5.94. The summed E-state index contributed by atoms with van der Waals surface area (Å²) >= 11 is 0. The largest absolute Gasteiger partial charge is 0.494 e. The summed E-state index contributed by atoms with van der Waals surface area (Å²) in [6, 6.07) is 11.2. The molecule has 0 atom stereocenters. The number of fused-ring (bicyclic) bond motifs is 1. The van der Waals surface area contributed by atoms with Crippen molar-refractivity contribution in [1.29, 1.82) is 0 Å². The van der Waals surface area contributed by atoms with Crippen LogP contribution in [0.2, 0.25) is 0 Å². The van der Waals surface area contributed by atoms with E-state index in [1.165, 1.54) is 0 Å². The molecule has 24 heavy (non-hydrogen) atoms. The summed E-state index contributed by atoms with van der Waals surface area (Å²) in [4.78, 5) is 16.8. The van der Waals surface area contributed by atoms with E-state index in [2.05, 4.69) is 10.3 Å². The molecule has 2 heterocycles. The van der Waals surface area contributed by atoms with Crippen LogP contribution in [-0.4, -0.2) is 28.4 Å². The van der Waals surface area contributed by atoms with Crippen molar-refractivity contribution in [3.8, 4) is 5.75 Å². The van der Waals surface area contributed by atoms with Crippen LogP contribution in [0.4, 0.5) is 0 Å². The van der Waals surface area contributed by atoms with E-state index in [1.54, 1.807) is 12.1 Å². The maximum absolute atomic E-state index is 12.2. The Hall–Kier alpha value is -2.82. The molecule has 0 unspecified atom stereocenters. The predicted octanol–water partition coefficient (Wildman–Crippen LogP) is 3.01. The van der Waals surface area contributed by atoms with Gasteiger partial charge in [0.25, 0.3) is 5.91 Å². The molecule has 2 aromatic heterocycles. The number of aromatic nitrogens is 2. The Morgan fingerprint density at radius 1 is 1.25 bits per heavy atom. The number of benzene rings is 1. The van der Waals surface area contributed by atoms with E-state index >= 15 is 0 Å². The van der Waals surface area contributed by atoms with Crippen molar-refractivity contribution in [2.24, 2.45) is 0 Å². The molecule has 1 aromatic carbocycles. The van der Waals surface area contributed by atoms with Crippen LogP contribution in [0.5, 0.6) is 5.75 Å². The molecular formula is C19H21N3O2. The van der Waals surface area contributed by atoms with Crippen LogP contribution < -0.4 is 10.1 Å². The van der Waals surface area contributed by atoms with Gasteiger partial charge in [0.1, 0.15) is 11.4 Å². The average molecular weight is 323 g/mol. The van der Waals surface area contributed by atoms with Crippen molar-refractivity contribution in [3.05, 3.63) is 65.6 Å². The number of pyridine rings is 1. The van der Waals surface area contributed by atoms with Gasteiger partial charge in [-0.15, -0.1) is 0 Å².